The smallest absolute Gasteiger partial charge is 0.261 e. The predicted octanol–water partition coefficient (Wildman–Crippen LogP) is 5.88. The summed E-state index contributed by atoms with van der Waals surface area (Å²) in [5, 5.41) is 3.02. The zero-order valence-corrected chi connectivity index (χ0v) is 22.1. The fourth-order valence-corrected chi connectivity index (χ4v) is 4.12. The number of nitrogens with zero attached hydrogens (tertiary/aromatic N) is 1. The predicted molar refractivity (Wildman–Crippen MR) is 145 cm³/mol. The molecule has 1 N–H and O–H groups in total. The molecule has 2 amide bonds. The summed E-state index contributed by atoms with van der Waals surface area (Å²) in [6.45, 7) is 7.71. The molecule has 0 spiro atoms. The zero-order valence-electron chi connectivity index (χ0n) is 22.1. The highest BCUT2D eigenvalue weighted by Gasteiger charge is 2.32. The van der Waals surface area contributed by atoms with Crippen molar-refractivity contribution in [2.75, 3.05) is 6.61 Å². The highest BCUT2D eigenvalue weighted by Crippen LogP contribution is 2.26. The molecule has 0 aliphatic carbocycles. The molecule has 2 atom stereocenters. The summed E-state index contributed by atoms with van der Waals surface area (Å²) in [5.74, 6) is -0.243. The van der Waals surface area contributed by atoms with Crippen molar-refractivity contribution >= 4 is 11.8 Å². The molecule has 0 aliphatic heterocycles. The van der Waals surface area contributed by atoms with E-state index in [9.17, 15) is 14.0 Å². The summed E-state index contributed by atoms with van der Waals surface area (Å²) in [7, 11) is 0. The van der Waals surface area contributed by atoms with Crippen molar-refractivity contribution in [1.82, 2.24) is 10.2 Å². The Balaban J connectivity index is 1.95. The first kappa shape index (κ1) is 27.9. The van der Waals surface area contributed by atoms with Gasteiger partial charge in [0, 0.05) is 24.6 Å². The number of hydrogen-bond donors (Lipinski definition) is 1. The fourth-order valence-electron chi connectivity index (χ4n) is 4.12. The third-order valence-electron chi connectivity index (χ3n) is 6.46. The SMILES string of the molecule is CC[C@@H](C)NC(=O)[C@@H](Cc1ccccc1)N(Cc1ccccc1F)C(=O)COc1ccccc1C(C)C. The molecule has 0 aromatic heterocycles. The molecule has 0 fully saturated rings. The highest BCUT2D eigenvalue weighted by molar-refractivity contribution is 5.88. The molecule has 3 aromatic rings. The quantitative estimate of drug-likeness (QED) is 0.335. The Bertz CT molecular complexity index is 1170. The fraction of sp³-hybridized carbons (Fsp3) is 0.355. The lowest BCUT2D eigenvalue weighted by atomic mass is 10.0. The van der Waals surface area contributed by atoms with Crippen molar-refractivity contribution in [3.63, 3.8) is 0 Å². The molecular weight excluding hydrogens is 467 g/mol. The Morgan fingerprint density at radius 3 is 2.24 bits per heavy atom. The number of carbonyl (C=O) groups is 2. The minimum Gasteiger partial charge on any atom is -0.483 e. The Labute approximate surface area is 219 Å². The largest absolute Gasteiger partial charge is 0.483 e. The van der Waals surface area contributed by atoms with Crippen LogP contribution in [0.2, 0.25) is 0 Å². The molecule has 196 valence electrons. The maximum Gasteiger partial charge on any atom is 0.261 e. The first-order valence-corrected chi connectivity index (χ1v) is 12.9. The molecule has 0 bridgehead atoms. The maximum atomic E-state index is 14.7. The molecule has 3 aromatic carbocycles. The second-order valence-corrected chi connectivity index (χ2v) is 9.62. The molecule has 0 aliphatic rings. The number of para-hydroxylation sites is 1. The second kappa shape index (κ2) is 13.6. The van der Waals surface area contributed by atoms with Gasteiger partial charge in [-0.25, -0.2) is 4.39 Å². The van der Waals surface area contributed by atoms with E-state index in [0.717, 1.165) is 17.5 Å². The van der Waals surface area contributed by atoms with Gasteiger partial charge in [0.2, 0.25) is 5.91 Å². The van der Waals surface area contributed by atoms with E-state index in [0.29, 0.717) is 17.7 Å². The first-order chi connectivity index (χ1) is 17.8. The van der Waals surface area contributed by atoms with E-state index >= 15 is 0 Å². The number of rotatable bonds is 12. The van der Waals surface area contributed by atoms with Gasteiger partial charge < -0.3 is 15.0 Å². The van der Waals surface area contributed by atoms with Gasteiger partial charge in [-0.3, -0.25) is 9.59 Å². The van der Waals surface area contributed by atoms with Gasteiger partial charge >= 0.3 is 0 Å². The number of carbonyl (C=O) groups excluding carboxylic acids is 2. The van der Waals surface area contributed by atoms with Crippen LogP contribution in [-0.2, 0) is 22.6 Å². The summed E-state index contributed by atoms with van der Waals surface area (Å²) < 4.78 is 20.7. The number of nitrogens with one attached hydrogen (secondary N) is 1. The standard InChI is InChI=1S/C31H37FN2O3/c1-5-23(4)33-31(36)28(19-24-13-7-6-8-14-24)34(20-25-15-9-11-17-27(25)32)30(35)21-37-29-18-12-10-16-26(29)22(2)3/h6-18,22-23,28H,5,19-21H2,1-4H3,(H,33,36)/t23-,28-/m1/s1. The van der Waals surface area contributed by atoms with Gasteiger partial charge in [-0.15, -0.1) is 0 Å². The second-order valence-electron chi connectivity index (χ2n) is 9.62. The molecule has 3 rings (SSSR count). The van der Waals surface area contributed by atoms with Crippen LogP contribution in [0.25, 0.3) is 0 Å². The lowest BCUT2D eigenvalue weighted by Gasteiger charge is -2.32. The van der Waals surface area contributed by atoms with Crippen molar-refractivity contribution in [3.05, 3.63) is 101 Å². The van der Waals surface area contributed by atoms with Gasteiger partial charge in [-0.05, 0) is 42.5 Å². The van der Waals surface area contributed by atoms with Gasteiger partial charge in [0.15, 0.2) is 6.61 Å². The molecule has 37 heavy (non-hydrogen) atoms. The monoisotopic (exact) mass is 504 g/mol. The number of amides is 2. The maximum absolute atomic E-state index is 14.7. The normalized spacial score (nSPS) is 12.6. The molecule has 0 heterocycles. The molecule has 0 saturated carbocycles. The van der Waals surface area contributed by atoms with E-state index in [2.05, 4.69) is 19.2 Å². The van der Waals surface area contributed by atoms with Crippen LogP contribution in [0, 0.1) is 5.82 Å². The molecule has 0 unspecified atom stereocenters. The van der Waals surface area contributed by atoms with Crippen LogP contribution in [0.1, 0.15) is 56.7 Å². The molecule has 0 saturated heterocycles. The topological polar surface area (TPSA) is 58.6 Å². The Morgan fingerprint density at radius 1 is 0.919 bits per heavy atom. The summed E-state index contributed by atoms with van der Waals surface area (Å²) in [4.78, 5) is 28.7. The highest BCUT2D eigenvalue weighted by atomic mass is 19.1. The molecule has 6 heteroatoms. The summed E-state index contributed by atoms with van der Waals surface area (Å²) in [6, 6.07) is 22.6. The van der Waals surface area contributed by atoms with Crippen molar-refractivity contribution in [2.24, 2.45) is 0 Å². The number of hydrogen-bond acceptors (Lipinski definition) is 3. The number of ether oxygens (including phenoxy) is 1. The Morgan fingerprint density at radius 2 is 1.57 bits per heavy atom. The minimum absolute atomic E-state index is 0.0495. The third-order valence-corrected chi connectivity index (χ3v) is 6.46. The van der Waals surface area contributed by atoms with Gasteiger partial charge in [-0.1, -0.05) is 87.5 Å². The van der Waals surface area contributed by atoms with E-state index in [1.165, 1.54) is 11.0 Å². The van der Waals surface area contributed by atoms with E-state index in [-0.39, 0.29) is 36.9 Å². The van der Waals surface area contributed by atoms with Crippen LogP contribution < -0.4 is 10.1 Å². The van der Waals surface area contributed by atoms with Crippen molar-refractivity contribution in [3.8, 4) is 5.75 Å². The van der Waals surface area contributed by atoms with E-state index in [4.69, 9.17) is 4.74 Å². The average molecular weight is 505 g/mol. The van der Waals surface area contributed by atoms with Crippen LogP contribution in [-0.4, -0.2) is 35.4 Å². The van der Waals surface area contributed by atoms with Crippen LogP contribution in [0.4, 0.5) is 4.39 Å². The van der Waals surface area contributed by atoms with Gasteiger partial charge in [-0.2, -0.15) is 0 Å². The van der Waals surface area contributed by atoms with Gasteiger partial charge in [0.25, 0.3) is 5.91 Å². The minimum atomic E-state index is -0.840. The number of benzene rings is 3. The van der Waals surface area contributed by atoms with Crippen molar-refractivity contribution in [1.29, 1.82) is 0 Å². The lowest BCUT2D eigenvalue weighted by molar-refractivity contribution is -0.143. The van der Waals surface area contributed by atoms with Crippen LogP contribution >= 0.6 is 0 Å². The summed E-state index contributed by atoms with van der Waals surface area (Å²) in [6.07, 6.45) is 1.05. The third kappa shape index (κ3) is 7.91. The Kier molecular flexibility index (Phi) is 10.2. The molecule has 5 nitrogen and oxygen atoms in total. The van der Waals surface area contributed by atoms with E-state index in [1.807, 2.05) is 68.4 Å². The van der Waals surface area contributed by atoms with Crippen LogP contribution in [0.15, 0.2) is 78.9 Å². The summed E-state index contributed by atoms with van der Waals surface area (Å²) >= 11 is 0. The van der Waals surface area contributed by atoms with Crippen molar-refractivity contribution in [2.45, 2.75) is 65.1 Å². The van der Waals surface area contributed by atoms with Gasteiger partial charge in [0.05, 0.1) is 0 Å². The average Bonchev–Trinajstić information content (AvgIpc) is 2.90. The lowest BCUT2D eigenvalue weighted by Crippen LogP contribution is -2.53. The van der Waals surface area contributed by atoms with Gasteiger partial charge in [0.1, 0.15) is 17.6 Å². The van der Waals surface area contributed by atoms with Crippen LogP contribution in [0.3, 0.4) is 0 Å². The molecular formula is C31H37FN2O3. The Hall–Kier alpha value is -3.67. The zero-order chi connectivity index (χ0) is 26.8. The first-order valence-electron chi connectivity index (χ1n) is 12.9. The van der Waals surface area contributed by atoms with E-state index in [1.54, 1.807) is 18.2 Å². The number of halogens is 1. The van der Waals surface area contributed by atoms with Crippen molar-refractivity contribution < 1.29 is 18.7 Å². The molecule has 0 radical (unpaired) electrons. The van der Waals surface area contributed by atoms with E-state index < -0.39 is 11.9 Å². The van der Waals surface area contributed by atoms with Crippen LogP contribution in [0.5, 0.6) is 5.75 Å². The summed E-state index contributed by atoms with van der Waals surface area (Å²) in [5.41, 5.74) is 2.24.